The molecule has 1 heterocycles. The van der Waals surface area contributed by atoms with Crippen molar-refractivity contribution in [3.63, 3.8) is 0 Å². The standard InChI is InChI=1S/C21H34N4O3/c1-5-27-20(26)25-12-9-17(10-13-25)24-19(22)23-11-14-28-18-8-6-7-16(15-18)21(2,3)4/h6-8,15,17H,5,9-14H2,1-4H3,(H3,22,23,24). The van der Waals surface area contributed by atoms with E-state index in [-0.39, 0.29) is 17.6 Å². The summed E-state index contributed by atoms with van der Waals surface area (Å²) in [6.07, 6.45) is 1.41. The van der Waals surface area contributed by atoms with Crippen molar-refractivity contribution in [1.29, 1.82) is 0 Å². The van der Waals surface area contributed by atoms with Crippen molar-refractivity contribution in [3.05, 3.63) is 29.8 Å². The van der Waals surface area contributed by atoms with Crippen molar-refractivity contribution in [2.75, 3.05) is 32.8 Å². The fraction of sp³-hybridized carbons (Fsp3) is 0.619. The number of carbonyl (C=O) groups is 1. The molecule has 0 bridgehead atoms. The molecule has 1 aliphatic rings. The second-order valence-corrected chi connectivity index (χ2v) is 8.00. The van der Waals surface area contributed by atoms with E-state index in [1.807, 2.05) is 19.1 Å². The van der Waals surface area contributed by atoms with Crippen LogP contribution >= 0.6 is 0 Å². The molecular formula is C21H34N4O3. The minimum absolute atomic E-state index is 0.0920. The zero-order valence-electron chi connectivity index (χ0n) is 17.5. The number of nitrogens with one attached hydrogen (secondary N) is 1. The molecule has 0 saturated carbocycles. The zero-order valence-corrected chi connectivity index (χ0v) is 17.5. The predicted octanol–water partition coefficient (Wildman–Crippen LogP) is 2.89. The Balaban J connectivity index is 1.70. The number of carbonyl (C=O) groups excluding carboxylic acids is 1. The Bertz CT molecular complexity index is 662. The Morgan fingerprint density at radius 2 is 2.04 bits per heavy atom. The summed E-state index contributed by atoms with van der Waals surface area (Å²) in [7, 11) is 0. The SMILES string of the molecule is CCOC(=O)N1CCC(NC(N)=NCCOc2cccc(C(C)(C)C)c2)CC1. The molecule has 1 aromatic carbocycles. The topological polar surface area (TPSA) is 89.2 Å². The summed E-state index contributed by atoms with van der Waals surface area (Å²) in [6, 6.07) is 8.37. The average molecular weight is 391 g/mol. The third kappa shape index (κ3) is 6.94. The Morgan fingerprint density at radius 1 is 1.32 bits per heavy atom. The fourth-order valence-electron chi connectivity index (χ4n) is 3.06. The average Bonchev–Trinajstić information content (AvgIpc) is 2.65. The predicted molar refractivity (Wildman–Crippen MR) is 112 cm³/mol. The van der Waals surface area contributed by atoms with Crippen LogP contribution in [0.25, 0.3) is 0 Å². The molecule has 1 aliphatic heterocycles. The fourth-order valence-corrected chi connectivity index (χ4v) is 3.06. The first-order valence-electron chi connectivity index (χ1n) is 10.0. The first-order valence-corrected chi connectivity index (χ1v) is 10.0. The Hall–Kier alpha value is -2.44. The maximum atomic E-state index is 11.7. The van der Waals surface area contributed by atoms with E-state index in [4.69, 9.17) is 15.2 Å². The van der Waals surface area contributed by atoms with Crippen LogP contribution in [0.5, 0.6) is 5.75 Å². The molecule has 1 aromatic rings. The van der Waals surface area contributed by atoms with Gasteiger partial charge < -0.3 is 25.4 Å². The van der Waals surface area contributed by atoms with Gasteiger partial charge in [-0.05, 0) is 42.9 Å². The van der Waals surface area contributed by atoms with Crippen molar-refractivity contribution in [2.45, 2.75) is 52.0 Å². The molecule has 0 radical (unpaired) electrons. The molecule has 7 nitrogen and oxygen atoms in total. The Kier molecular flexibility index (Phi) is 7.96. The van der Waals surface area contributed by atoms with Crippen LogP contribution in [0, 0.1) is 0 Å². The molecule has 156 valence electrons. The molecule has 0 atom stereocenters. The molecule has 1 saturated heterocycles. The van der Waals surface area contributed by atoms with Gasteiger partial charge in [0.2, 0.25) is 0 Å². The molecular weight excluding hydrogens is 356 g/mol. The number of rotatable bonds is 6. The number of ether oxygens (including phenoxy) is 2. The second kappa shape index (κ2) is 10.2. The molecule has 28 heavy (non-hydrogen) atoms. The van der Waals surface area contributed by atoms with Crippen LogP contribution in [0.2, 0.25) is 0 Å². The number of aliphatic imine (C=N–C) groups is 1. The molecule has 0 aromatic heterocycles. The van der Waals surface area contributed by atoms with E-state index in [0.717, 1.165) is 18.6 Å². The third-order valence-electron chi connectivity index (χ3n) is 4.72. The first kappa shape index (κ1) is 21.9. The van der Waals surface area contributed by atoms with E-state index in [1.54, 1.807) is 4.90 Å². The molecule has 0 aliphatic carbocycles. The van der Waals surface area contributed by atoms with Crippen molar-refractivity contribution >= 4 is 12.1 Å². The lowest BCUT2D eigenvalue weighted by molar-refractivity contribution is 0.0963. The van der Waals surface area contributed by atoms with Crippen molar-refractivity contribution in [2.24, 2.45) is 10.7 Å². The van der Waals surface area contributed by atoms with E-state index in [0.29, 0.717) is 38.8 Å². The van der Waals surface area contributed by atoms with Crippen LogP contribution in [-0.2, 0) is 10.2 Å². The normalized spacial score (nSPS) is 16.0. The molecule has 1 amide bonds. The van der Waals surface area contributed by atoms with Gasteiger partial charge in [-0.25, -0.2) is 9.79 Å². The number of hydrogen-bond donors (Lipinski definition) is 2. The molecule has 0 unspecified atom stereocenters. The number of nitrogens with zero attached hydrogens (tertiary/aromatic N) is 2. The summed E-state index contributed by atoms with van der Waals surface area (Å²) >= 11 is 0. The maximum Gasteiger partial charge on any atom is 0.409 e. The summed E-state index contributed by atoms with van der Waals surface area (Å²) in [6.45, 7) is 11.0. The van der Waals surface area contributed by atoms with Crippen LogP contribution < -0.4 is 15.8 Å². The zero-order chi connectivity index (χ0) is 20.6. The van der Waals surface area contributed by atoms with Crippen LogP contribution in [0.1, 0.15) is 46.1 Å². The number of amides is 1. The minimum atomic E-state index is -0.240. The van der Waals surface area contributed by atoms with Gasteiger partial charge in [0.25, 0.3) is 0 Å². The van der Waals surface area contributed by atoms with Crippen LogP contribution in [-0.4, -0.2) is 55.8 Å². The van der Waals surface area contributed by atoms with Gasteiger partial charge >= 0.3 is 6.09 Å². The van der Waals surface area contributed by atoms with E-state index in [1.165, 1.54) is 5.56 Å². The van der Waals surface area contributed by atoms with Gasteiger partial charge in [0.1, 0.15) is 12.4 Å². The Morgan fingerprint density at radius 3 is 2.68 bits per heavy atom. The van der Waals surface area contributed by atoms with Gasteiger partial charge in [-0.1, -0.05) is 32.9 Å². The minimum Gasteiger partial charge on any atom is -0.492 e. The largest absolute Gasteiger partial charge is 0.492 e. The number of likely N-dealkylation sites (tertiary alicyclic amines) is 1. The van der Waals surface area contributed by atoms with Crippen LogP contribution in [0.15, 0.2) is 29.3 Å². The highest BCUT2D eigenvalue weighted by Crippen LogP contribution is 2.25. The molecule has 0 spiro atoms. The van der Waals surface area contributed by atoms with Gasteiger partial charge in [-0.3, -0.25) is 0 Å². The number of piperidine rings is 1. The highest BCUT2D eigenvalue weighted by atomic mass is 16.6. The first-order chi connectivity index (χ1) is 13.3. The van der Waals surface area contributed by atoms with Gasteiger partial charge in [0.05, 0.1) is 13.2 Å². The van der Waals surface area contributed by atoms with E-state index < -0.39 is 0 Å². The number of nitrogens with two attached hydrogens (primary N) is 1. The van der Waals surface area contributed by atoms with Crippen molar-refractivity contribution < 1.29 is 14.3 Å². The highest BCUT2D eigenvalue weighted by Gasteiger charge is 2.23. The number of hydrogen-bond acceptors (Lipinski definition) is 4. The summed E-state index contributed by atoms with van der Waals surface area (Å²) in [5, 5.41) is 3.23. The van der Waals surface area contributed by atoms with Gasteiger partial charge in [0, 0.05) is 19.1 Å². The van der Waals surface area contributed by atoms with Crippen LogP contribution in [0.4, 0.5) is 4.79 Å². The second-order valence-electron chi connectivity index (χ2n) is 8.00. The van der Waals surface area contributed by atoms with Gasteiger partial charge in [-0.2, -0.15) is 0 Å². The number of guanidine groups is 1. The molecule has 7 heteroatoms. The third-order valence-corrected chi connectivity index (χ3v) is 4.72. The van der Waals surface area contributed by atoms with Gasteiger partial charge in [0.15, 0.2) is 5.96 Å². The quantitative estimate of drug-likeness (QED) is 0.443. The smallest absolute Gasteiger partial charge is 0.409 e. The summed E-state index contributed by atoms with van der Waals surface area (Å²) in [5.74, 6) is 1.27. The molecule has 3 N–H and O–H groups in total. The van der Waals surface area contributed by atoms with E-state index in [9.17, 15) is 4.79 Å². The van der Waals surface area contributed by atoms with E-state index >= 15 is 0 Å². The molecule has 2 rings (SSSR count). The van der Waals surface area contributed by atoms with Crippen LogP contribution in [0.3, 0.4) is 0 Å². The Labute approximate surface area is 168 Å². The maximum absolute atomic E-state index is 11.7. The van der Waals surface area contributed by atoms with E-state index in [2.05, 4.69) is 43.2 Å². The number of benzene rings is 1. The van der Waals surface area contributed by atoms with Crippen molar-refractivity contribution in [3.8, 4) is 5.75 Å². The summed E-state index contributed by atoms with van der Waals surface area (Å²) in [4.78, 5) is 17.8. The summed E-state index contributed by atoms with van der Waals surface area (Å²) < 4.78 is 10.8. The lowest BCUT2D eigenvalue weighted by Gasteiger charge is -2.31. The van der Waals surface area contributed by atoms with Crippen molar-refractivity contribution in [1.82, 2.24) is 10.2 Å². The lowest BCUT2D eigenvalue weighted by atomic mass is 9.87. The monoisotopic (exact) mass is 390 g/mol. The van der Waals surface area contributed by atoms with Gasteiger partial charge in [-0.15, -0.1) is 0 Å². The summed E-state index contributed by atoms with van der Waals surface area (Å²) in [5.41, 5.74) is 7.32. The lowest BCUT2D eigenvalue weighted by Crippen LogP contribution is -2.48. The molecule has 1 fully saturated rings. The highest BCUT2D eigenvalue weighted by molar-refractivity contribution is 5.78.